The van der Waals surface area contributed by atoms with Gasteiger partial charge in [0.2, 0.25) is 5.95 Å². The summed E-state index contributed by atoms with van der Waals surface area (Å²) in [7, 11) is 0. The molecule has 0 radical (unpaired) electrons. The fraction of sp³-hybridized carbons (Fsp3) is 0.500. The van der Waals surface area contributed by atoms with E-state index < -0.39 is 12.6 Å². The van der Waals surface area contributed by atoms with Crippen LogP contribution < -0.4 is 5.32 Å². The van der Waals surface area contributed by atoms with Crippen molar-refractivity contribution in [2.75, 3.05) is 5.32 Å². The molecule has 0 bridgehead atoms. The molecule has 1 N–H and O–H groups in total. The van der Waals surface area contributed by atoms with Crippen LogP contribution in [0, 0.1) is 0 Å². The Morgan fingerprint density at radius 3 is 2.67 bits per heavy atom. The average molecular weight is 317 g/mol. The second-order valence-electron chi connectivity index (χ2n) is 4.28. The third-order valence-corrected chi connectivity index (χ3v) is 3.65. The molecule has 2 rings (SSSR count). The number of aromatic nitrogens is 4. The van der Waals surface area contributed by atoms with Crippen molar-refractivity contribution in [2.24, 2.45) is 0 Å². The Morgan fingerprint density at radius 2 is 2.00 bits per heavy atom. The summed E-state index contributed by atoms with van der Waals surface area (Å²) in [6.07, 6.45) is -2.96. The number of rotatable bonds is 6. The van der Waals surface area contributed by atoms with E-state index in [2.05, 4.69) is 25.5 Å². The van der Waals surface area contributed by atoms with E-state index in [-0.39, 0.29) is 6.42 Å². The van der Waals surface area contributed by atoms with E-state index in [1.165, 1.54) is 23.6 Å². The molecule has 2 heterocycles. The maximum atomic E-state index is 12.2. The van der Waals surface area contributed by atoms with Crippen molar-refractivity contribution < 1.29 is 13.2 Å². The summed E-state index contributed by atoms with van der Waals surface area (Å²) in [6, 6.07) is 1.48. The van der Waals surface area contributed by atoms with Crippen molar-refractivity contribution in [3.05, 3.63) is 28.0 Å². The SMILES string of the molecule is CCc1nnc(CNc2nccc(CCC(F)(F)F)n2)s1. The summed E-state index contributed by atoms with van der Waals surface area (Å²) in [5.41, 5.74) is 0.358. The molecule has 0 aliphatic rings. The zero-order valence-electron chi connectivity index (χ0n) is 11.3. The van der Waals surface area contributed by atoms with Crippen molar-refractivity contribution in [2.45, 2.75) is 38.9 Å². The minimum atomic E-state index is -4.18. The highest BCUT2D eigenvalue weighted by Gasteiger charge is 2.26. The van der Waals surface area contributed by atoms with Crippen LogP contribution in [0.3, 0.4) is 0 Å². The maximum absolute atomic E-state index is 12.2. The van der Waals surface area contributed by atoms with Gasteiger partial charge >= 0.3 is 6.18 Å². The van der Waals surface area contributed by atoms with Gasteiger partial charge in [-0.2, -0.15) is 13.2 Å². The van der Waals surface area contributed by atoms with Crippen molar-refractivity contribution in [3.8, 4) is 0 Å². The lowest BCUT2D eigenvalue weighted by atomic mass is 10.2. The Labute approximate surface area is 123 Å². The maximum Gasteiger partial charge on any atom is 0.389 e. The summed E-state index contributed by atoms with van der Waals surface area (Å²) in [6.45, 7) is 2.39. The molecule has 0 amide bonds. The first-order chi connectivity index (χ1) is 9.96. The largest absolute Gasteiger partial charge is 0.389 e. The molecule has 0 saturated carbocycles. The van der Waals surface area contributed by atoms with Crippen LogP contribution in [0.25, 0.3) is 0 Å². The van der Waals surface area contributed by atoms with Gasteiger partial charge in [-0.1, -0.05) is 18.3 Å². The number of anilines is 1. The molecule has 114 valence electrons. The van der Waals surface area contributed by atoms with E-state index in [4.69, 9.17) is 0 Å². The summed E-state index contributed by atoms with van der Waals surface area (Å²) in [4.78, 5) is 8.03. The summed E-state index contributed by atoms with van der Waals surface area (Å²) in [5, 5.41) is 12.6. The molecular formula is C12H14F3N5S. The number of halogens is 3. The number of alkyl halides is 3. The predicted molar refractivity (Wildman–Crippen MR) is 73.0 cm³/mol. The number of nitrogens with zero attached hydrogens (tertiary/aromatic N) is 4. The first-order valence-corrected chi connectivity index (χ1v) is 7.21. The van der Waals surface area contributed by atoms with Crippen LogP contribution in [0.15, 0.2) is 12.3 Å². The highest BCUT2D eigenvalue weighted by molar-refractivity contribution is 7.11. The molecule has 2 aromatic rings. The Balaban J connectivity index is 1.91. The molecule has 0 aliphatic heterocycles. The van der Waals surface area contributed by atoms with E-state index in [1.807, 2.05) is 6.92 Å². The second kappa shape index (κ2) is 6.79. The molecule has 21 heavy (non-hydrogen) atoms. The number of hydrogen-bond acceptors (Lipinski definition) is 6. The van der Waals surface area contributed by atoms with Crippen LogP contribution in [0.5, 0.6) is 0 Å². The topological polar surface area (TPSA) is 63.6 Å². The van der Waals surface area contributed by atoms with Gasteiger partial charge in [-0.3, -0.25) is 0 Å². The molecule has 0 spiro atoms. The van der Waals surface area contributed by atoms with Gasteiger partial charge in [0.25, 0.3) is 0 Å². The molecule has 5 nitrogen and oxygen atoms in total. The number of nitrogens with one attached hydrogen (secondary N) is 1. The Kier molecular flexibility index (Phi) is 5.05. The van der Waals surface area contributed by atoms with Crippen LogP contribution in [-0.4, -0.2) is 26.3 Å². The molecule has 9 heteroatoms. The van der Waals surface area contributed by atoms with Crippen molar-refractivity contribution in [1.82, 2.24) is 20.2 Å². The van der Waals surface area contributed by atoms with Gasteiger partial charge in [-0.05, 0) is 18.9 Å². The quantitative estimate of drug-likeness (QED) is 0.887. The molecule has 0 fully saturated rings. The Hall–Kier alpha value is -1.77. The molecule has 0 atom stereocenters. The van der Waals surface area contributed by atoms with Crippen molar-refractivity contribution in [1.29, 1.82) is 0 Å². The van der Waals surface area contributed by atoms with Crippen molar-refractivity contribution >= 4 is 17.3 Å². The number of aryl methyl sites for hydroxylation is 2. The van der Waals surface area contributed by atoms with Gasteiger partial charge in [-0.15, -0.1) is 10.2 Å². The molecule has 0 aliphatic carbocycles. The minimum Gasteiger partial charge on any atom is -0.348 e. The zero-order valence-corrected chi connectivity index (χ0v) is 12.1. The van der Waals surface area contributed by atoms with E-state index in [9.17, 15) is 13.2 Å². The average Bonchev–Trinajstić information content (AvgIpc) is 2.91. The van der Waals surface area contributed by atoms with E-state index >= 15 is 0 Å². The van der Waals surface area contributed by atoms with E-state index in [0.29, 0.717) is 18.2 Å². The van der Waals surface area contributed by atoms with E-state index in [1.54, 1.807) is 0 Å². The summed E-state index contributed by atoms with van der Waals surface area (Å²) >= 11 is 1.48. The molecule has 0 aromatic carbocycles. The zero-order chi connectivity index (χ0) is 15.3. The van der Waals surface area contributed by atoms with E-state index in [0.717, 1.165) is 16.4 Å². The van der Waals surface area contributed by atoms with Crippen LogP contribution in [0.1, 0.15) is 29.1 Å². The third-order valence-electron chi connectivity index (χ3n) is 2.59. The third kappa shape index (κ3) is 5.25. The lowest BCUT2D eigenvalue weighted by Crippen LogP contribution is -2.10. The van der Waals surface area contributed by atoms with Crippen LogP contribution in [-0.2, 0) is 19.4 Å². The lowest BCUT2D eigenvalue weighted by molar-refractivity contribution is -0.134. The first kappa shape index (κ1) is 15.6. The molecule has 0 unspecified atom stereocenters. The van der Waals surface area contributed by atoms with Crippen LogP contribution in [0.2, 0.25) is 0 Å². The fourth-order valence-electron chi connectivity index (χ4n) is 1.55. The van der Waals surface area contributed by atoms with Gasteiger partial charge in [0.05, 0.1) is 6.54 Å². The monoisotopic (exact) mass is 317 g/mol. The highest BCUT2D eigenvalue weighted by Crippen LogP contribution is 2.21. The Bertz CT molecular complexity index is 584. The molecular weight excluding hydrogens is 303 g/mol. The first-order valence-electron chi connectivity index (χ1n) is 6.40. The lowest BCUT2D eigenvalue weighted by Gasteiger charge is -2.07. The normalized spacial score (nSPS) is 11.6. The van der Waals surface area contributed by atoms with Crippen molar-refractivity contribution in [3.63, 3.8) is 0 Å². The van der Waals surface area contributed by atoms with Crippen LogP contribution in [0.4, 0.5) is 19.1 Å². The van der Waals surface area contributed by atoms with Gasteiger partial charge in [0, 0.05) is 18.3 Å². The summed E-state index contributed by atoms with van der Waals surface area (Å²) < 4.78 is 36.5. The molecule has 0 saturated heterocycles. The second-order valence-corrected chi connectivity index (χ2v) is 5.43. The van der Waals surface area contributed by atoms with Gasteiger partial charge < -0.3 is 5.32 Å². The molecule has 2 aromatic heterocycles. The Morgan fingerprint density at radius 1 is 1.24 bits per heavy atom. The van der Waals surface area contributed by atoms with Gasteiger partial charge in [0.15, 0.2) is 0 Å². The highest BCUT2D eigenvalue weighted by atomic mass is 32.1. The van der Waals surface area contributed by atoms with Crippen LogP contribution >= 0.6 is 11.3 Å². The van der Waals surface area contributed by atoms with Gasteiger partial charge in [0.1, 0.15) is 10.0 Å². The standard InChI is InChI=1S/C12H14F3N5S/c1-2-9-19-20-10(21-9)7-17-11-16-6-4-8(18-11)3-5-12(13,14)15/h4,6H,2-3,5,7H2,1H3,(H,16,17,18). The number of hydrogen-bond donors (Lipinski definition) is 1. The fourth-order valence-corrected chi connectivity index (χ4v) is 2.27. The minimum absolute atomic E-state index is 0.153. The smallest absolute Gasteiger partial charge is 0.348 e. The predicted octanol–water partition coefficient (Wildman–Crippen LogP) is 3.00. The van der Waals surface area contributed by atoms with Gasteiger partial charge in [-0.25, -0.2) is 9.97 Å². The summed E-state index contributed by atoms with van der Waals surface area (Å²) in [5.74, 6) is 0.294.